The van der Waals surface area contributed by atoms with E-state index < -0.39 is 0 Å². The Bertz CT molecular complexity index is 412. The van der Waals surface area contributed by atoms with Crippen LogP contribution in [0, 0.1) is 12.8 Å². The number of rotatable bonds is 2. The molecule has 2 rings (SSSR count). The number of carbonyl (C=O) groups excluding carboxylic acids is 1. The van der Waals surface area contributed by atoms with E-state index in [-0.39, 0.29) is 17.7 Å². The van der Waals surface area contributed by atoms with Gasteiger partial charge in [-0.15, -0.1) is 0 Å². The van der Waals surface area contributed by atoms with Crippen molar-refractivity contribution in [1.29, 1.82) is 0 Å². The Balaban J connectivity index is 2.22. The number of pyridine rings is 1. The fourth-order valence-electron chi connectivity index (χ4n) is 1.84. The van der Waals surface area contributed by atoms with E-state index in [4.69, 9.17) is 5.73 Å². The molecule has 0 fully saturated rings. The van der Waals surface area contributed by atoms with E-state index in [1.807, 2.05) is 25.1 Å². The highest BCUT2D eigenvalue weighted by Crippen LogP contribution is 2.22. The van der Waals surface area contributed by atoms with E-state index in [1.165, 1.54) is 0 Å². The zero-order valence-electron chi connectivity index (χ0n) is 8.68. The van der Waals surface area contributed by atoms with Crippen LogP contribution >= 0.6 is 0 Å². The summed E-state index contributed by atoms with van der Waals surface area (Å²) in [6.07, 6.45) is 7.85. The molecule has 1 aliphatic carbocycles. The fraction of sp³-hybridized carbons (Fsp3) is 0.333. The number of allylic oxidation sites excluding steroid dienone is 1. The molecule has 0 bridgehead atoms. The van der Waals surface area contributed by atoms with Crippen molar-refractivity contribution in [2.45, 2.75) is 19.4 Å². The molecule has 1 aromatic rings. The second-order valence-corrected chi connectivity index (χ2v) is 3.95. The first-order valence-corrected chi connectivity index (χ1v) is 5.07. The van der Waals surface area contributed by atoms with Crippen molar-refractivity contribution in [2.24, 2.45) is 11.7 Å². The Morgan fingerprint density at radius 3 is 2.93 bits per heavy atom. The minimum Gasteiger partial charge on any atom is -0.324 e. The average molecular weight is 202 g/mol. The fourth-order valence-corrected chi connectivity index (χ4v) is 1.84. The number of hydrogen-bond donors (Lipinski definition) is 1. The van der Waals surface area contributed by atoms with Gasteiger partial charge in [-0.1, -0.05) is 12.2 Å². The Kier molecular flexibility index (Phi) is 2.64. The van der Waals surface area contributed by atoms with Gasteiger partial charge in [-0.3, -0.25) is 9.78 Å². The Morgan fingerprint density at radius 1 is 1.53 bits per heavy atom. The molecule has 15 heavy (non-hydrogen) atoms. The molecule has 0 spiro atoms. The highest BCUT2D eigenvalue weighted by Gasteiger charge is 2.24. The van der Waals surface area contributed by atoms with Gasteiger partial charge in [0.25, 0.3) is 0 Å². The van der Waals surface area contributed by atoms with Crippen LogP contribution in [0.15, 0.2) is 30.6 Å². The van der Waals surface area contributed by atoms with Gasteiger partial charge in [0.1, 0.15) is 0 Å². The number of hydrogen-bond acceptors (Lipinski definition) is 3. The lowest BCUT2D eigenvalue weighted by atomic mass is 9.95. The quantitative estimate of drug-likeness (QED) is 0.583. The summed E-state index contributed by atoms with van der Waals surface area (Å²) in [5.41, 5.74) is 7.41. The molecule has 3 heteroatoms. The summed E-state index contributed by atoms with van der Waals surface area (Å²) in [6, 6.07) is 1.88. The Morgan fingerprint density at radius 2 is 2.33 bits per heavy atom. The van der Waals surface area contributed by atoms with E-state index in [0.29, 0.717) is 12.0 Å². The predicted octanol–water partition coefficient (Wildman–Crippen LogP) is 1.48. The van der Waals surface area contributed by atoms with Crippen LogP contribution in [-0.2, 0) is 0 Å². The number of ketones is 1. The third-order valence-electron chi connectivity index (χ3n) is 2.76. The van der Waals surface area contributed by atoms with E-state index in [9.17, 15) is 4.79 Å². The highest BCUT2D eigenvalue weighted by molar-refractivity contribution is 6.00. The molecule has 2 unspecified atom stereocenters. The summed E-state index contributed by atoms with van der Waals surface area (Å²) in [4.78, 5) is 16.0. The molecular weight excluding hydrogens is 188 g/mol. The van der Waals surface area contributed by atoms with Crippen LogP contribution in [0.1, 0.15) is 22.3 Å². The van der Waals surface area contributed by atoms with Crippen LogP contribution in [0.3, 0.4) is 0 Å². The van der Waals surface area contributed by atoms with Crippen molar-refractivity contribution < 1.29 is 4.79 Å². The molecular formula is C12H14N2O. The smallest absolute Gasteiger partial charge is 0.171 e. The van der Waals surface area contributed by atoms with Crippen molar-refractivity contribution >= 4 is 5.78 Å². The molecule has 3 nitrogen and oxygen atoms in total. The van der Waals surface area contributed by atoms with Crippen molar-refractivity contribution in [2.75, 3.05) is 0 Å². The van der Waals surface area contributed by atoms with Crippen LogP contribution in [0.5, 0.6) is 0 Å². The second-order valence-electron chi connectivity index (χ2n) is 3.95. The monoisotopic (exact) mass is 202 g/mol. The third kappa shape index (κ3) is 1.97. The summed E-state index contributed by atoms with van der Waals surface area (Å²) in [5, 5.41) is 0. The maximum Gasteiger partial charge on any atom is 0.171 e. The summed E-state index contributed by atoms with van der Waals surface area (Å²) in [5.74, 6) is 0.0627. The van der Waals surface area contributed by atoms with E-state index in [2.05, 4.69) is 4.98 Å². The Labute approximate surface area is 89.0 Å². The maximum atomic E-state index is 12.1. The SMILES string of the molecule is Cc1ccncc1C(=O)C1C=CC(N)C1. The maximum absolute atomic E-state index is 12.1. The van der Waals surface area contributed by atoms with Gasteiger partial charge in [-0.05, 0) is 25.0 Å². The van der Waals surface area contributed by atoms with E-state index in [1.54, 1.807) is 12.4 Å². The van der Waals surface area contributed by atoms with Gasteiger partial charge in [0.05, 0.1) is 0 Å². The summed E-state index contributed by atoms with van der Waals surface area (Å²) >= 11 is 0. The standard InChI is InChI=1S/C12H14N2O/c1-8-4-5-14-7-11(8)12(15)9-2-3-10(13)6-9/h2-5,7,9-10H,6,13H2,1H3. The lowest BCUT2D eigenvalue weighted by Gasteiger charge is -2.09. The number of nitrogens with zero attached hydrogens (tertiary/aromatic N) is 1. The van der Waals surface area contributed by atoms with Crippen molar-refractivity contribution in [3.8, 4) is 0 Å². The molecule has 1 aromatic heterocycles. The van der Waals surface area contributed by atoms with Crippen LogP contribution in [0.2, 0.25) is 0 Å². The van der Waals surface area contributed by atoms with E-state index >= 15 is 0 Å². The number of aryl methyl sites for hydroxylation is 1. The molecule has 0 saturated carbocycles. The van der Waals surface area contributed by atoms with Crippen LogP contribution < -0.4 is 5.73 Å². The molecule has 2 N–H and O–H groups in total. The lowest BCUT2D eigenvalue weighted by molar-refractivity contribution is 0.0942. The van der Waals surface area contributed by atoms with E-state index in [0.717, 1.165) is 5.56 Å². The normalized spacial score (nSPS) is 24.4. The molecule has 0 aromatic carbocycles. The lowest BCUT2D eigenvalue weighted by Crippen LogP contribution is -2.19. The zero-order chi connectivity index (χ0) is 10.8. The van der Waals surface area contributed by atoms with Crippen molar-refractivity contribution in [3.63, 3.8) is 0 Å². The largest absolute Gasteiger partial charge is 0.324 e. The van der Waals surface area contributed by atoms with Gasteiger partial charge < -0.3 is 5.73 Å². The van der Waals surface area contributed by atoms with Crippen LogP contribution in [0.25, 0.3) is 0 Å². The van der Waals surface area contributed by atoms with Crippen LogP contribution in [-0.4, -0.2) is 16.8 Å². The highest BCUT2D eigenvalue weighted by atomic mass is 16.1. The summed E-state index contributed by atoms with van der Waals surface area (Å²) < 4.78 is 0. The molecule has 1 aliphatic rings. The van der Waals surface area contributed by atoms with Gasteiger partial charge in [0.2, 0.25) is 0 Å². The average Bonchev–Trinajstić information content (AvgIpc) is 2.65. The first-order chi connectivity index (χ1) is 7.18. The summed E-state index contributed by atoms with van der Waals surface area (Å²) in [7, 11) is 0. The zero-order valence-corrected chi connectivity index (χ0v) is 8.68. The Hall–Kier alpha value is -1.48. The third-order valence-corrected chi connectivity index (χ3v) is 2.76. The number of aromatic nitrogens is 1. The van der Waals surface area contributed by atoms with Gasteiger partial charge in [0, 0.05) is 29.9 Å². The molecule has 2 atom stereocenters. The molecule has 78 valence electrons. The predicted molar refractivity (Wildman–Crippen MR) is 58.5 cm³/mol. The number of Topliss-reactive ketones (excluding diaryl/α,β-unsaturated/α-hetero) is 1. The van der Waals surface area contributed by atoms with Gasteiger partial charge in [-0.2, -0.15) is 0 Å². The second kappa shape index (κ2) is 3.95. The molecule has 0 amide bonds. The minimum atomic E-state index is -0.0668. The van der Waals surface area contributed by atoms with Gasteiger partial charge in [0.15, 0.2) is 5.78 Å². The molecule has 1 heterocycles. The van der Waals surface area contributed by atoms with Crippen molar-refractivity contribution in [1.82, 2.24) is 4.98 Å². The summed E-state index contributed by atoms with van der Waals surface area (Å²) in [6.45, 7) is 1.92. The molecule has 0 aliphatic heterocycles. The topological polar surface area (TPSA) is 56.0 Å². The van der Waals surface area contributed by atoms with Crippen molar-refractivity contribution in [3.05, 3.63) is 41.7 Å². The van der Waals surface area contributed by atoms with Gasteiger partial charge in [-0.25, -0.2) is 0 Å². The van der Waals surface area contributed by atoms with Gasteiger partial charge >= 0.3 is 0 Å². The first-order valence-electron chi connectivity index (χ1n) is 5.07. The minimum absolute atomic E-state index is 0.0240. The van der Waals surface area contributed by atoms with Crippen LogP contribution in [0.4, 0.5) is 0 Å². The molecule has 0 saturated heterocycles. The molecule has 0 radical (unpaired) electrons. The first kappa shape index (κ1) is 10.1. The number of carbonyl (C=O) groups is 1. The number of nitrogens with two attached hydrogens (primary N) is 1.